The molecule has 8 heteroatoms. The molecule has 3 aromatic heterocycles. The molecule has 0 saturated carbocycles. The van der Waals surface area contributed by atoms with Crippen LogP contribution in [-0.4, -0.2) is 30.3 Å². The van der Waals surface area contributed by atoms with Crippen molar-refractivity contribution >= 4 is 28.2 Å². The van der Waals surface area contributed by atoms with E-state index in [2.05, 4.69) is 43.6 Å². The van der Waals surface area contributed by atoms with E-state index in [-0.39, 0.29) is 0 Å². The Kier molecular flexibility index (Phi) is 5.17. The molecule has 0 aliphatic rings. The van der Waals surface area contributed by atoms with Crippen molar-refractivity contribution in [1.29, 1.82) is 0 Å². The van der Waals surface area contributed by atoms with E-state index in [0.29, 0.717) is 11.7 Å². The topological polar surface area (TPSA) is 82.5 Å². The third-order valence-electron chi connectivity index (χ3n) is 3.96. The van der Waals surface area contributed by atoms with Crippen LogP contribution in [0.15, 0.2) is 59.6 Å². The summed E-state index contributed by atoms with van der Waals surface area (Å²) in [6.07, 6.45) is 5.56. The van der Waals surface area contributed by atoms with Crippen LogP contribution in [0.2, 0.25) is 0 Å². The number of hydrogen-bond acceptors (Lipinski definition) is 7. The lowest BCUT2D eigenvalue weighted by molar-refractivity contribution is 0.785. The summed E-state index contributed by atoms with van der Waals surface area (Å²) < 4.78 is 2.07. The van der Waals surface area contributed by atoms with E-state index in [0.717, 1.165) is 39.1 Å². The number of thiazole rings is 1. The van der Waals surface area contributed by atoms with Gasteiger partial charge in [-0.25, -0.2) is 19.9 Å². The Labute approximate surface area is 165 Å². The second-order valence-electron chi connectivity index (χ2n) is 5.80. The summed E-state index contributed by atoms with van der Waals surface area (Å²) in [4.78, 5) is 18.0. The number of anilines is 1. The molecule has 0 unspecified atom stereocenters. The predicted molar refractivity (Wildman–Crippen MR) is 111 cm³/mol. The Morgan fingerprint density at radius 2 is 1.85 bits per heavy atom. The zero-order valence-corrected chi connectivity index (χ0v) is 16.4. The Morgan fingerprint density at radius 1 is 1.07 bits per heavy atom. The highest BCUT2D eigenvalue weighted by molar-refractivity contribution is 7.99. The summed E-state index contributed by atoms with van der Waals surface area (Å²) in [5.74, 6) is 0.942. The lowest BCUT2D eigenvalue weighted by atomic mass is 10.1. The van der Waals surface area contributed by atoms with Gasteiger partial charge in [0.1, 0.15) is 0 Å². The summed E-state index contributed by atoms with van der Waals surface area (Å²) in [5.41, 5.74) is 10.5. The summed E-state index contributed by atoms with van der Waals surface area (Å²) in [6, 6.07) is 10.1. The molecule has 0 saturated heterocycles. The fourth-order valence-corrected chi connectivity index (χ4v) is 3.89. The van der Waals surface area contributed by atoms with Gasteiger partial charge in [0.15, 0.2) is 10.3 Å². The third kappa shape index (κ3) is 3.86. The van der Waals surface area contributed by atoms with E-state index in [1.807, 2.05) is 42.3 Å². The molecular formula is C19H18N6S2. The van der Waals surface area contributed by atoms with Crippen molar-refractivity contribution in [3.8, 4) is 22.5 Å². The highest BCUT2D eigenvalue weighted by Gasteiger charge is 2.17. The average molecular weight is 395 g/mol. The molecule has 0 atom stereocenters. The van der Waals surface area contributed by atoms with Crippen molar-refractivity contribution in [1.82, 2.24) is 24.5 Å². The van der Waals surface area contributed by atoms with Crippen molar-refractivity contribution in [3.05, 3.63) is 60.1 Å². The smallest absolute Gasteiger partial charge is 0.187 e. The Hall–Kier alpha value is -2.71. The molecule has 0 amide bonds. The van der Waals surface area contributed by atoms with Gasteiger partial charge in [-0.15, -0.1) is 11.3 Å². The number of nitrogens with zero attached hydrogens (tertiary/aromatic N) is 5. The van der Waals surface area contributed by atoms with Crippen LogP contribution in [0.4, 0.5) is 5.13 Å². The average Bonchev–Trinajstić information content (AvgIpc) is 3.30. The van der Waals surface area contributed by atoms with Gasteiger partial charge in [-0.2, -0.15) is 0 Å². The Morgan fingerprint density at radius 3 is 2.52 bits per heavy atom. The second kappa shape index (κ2) is 7.89. The van der Waals surface area contributed by atoms with Crippen molar-refractivity contribution in [2.45, 2.75) is 18.6 Å². The van der Waals surface area contributed by atoms with Gasteiger partial charge in [-0.1, -0.05) is 49.0 Å². The maximum absolute atomic E-state index is 5.78. The van der Waals surface area contributed by atoms with E-state index in [9.17, 15) is 0 Å². The van der Waals surface area contributed by atoms with E-state index >= 15 is 0 Å². The monoisotopic (exact) mass is 394 g/mol. The number of nitrogens with two attached hydrogens (primary N) is 1. The van der Waals surface area contributed by atoms with Gasteiger partial charge in [-0.3, -0.25) is 0 Å². The summed E-state index contributed by atoms with van der Waals surface area (Å²) in [5, 5.41) is 3.32. The molecule has 4 aromatic rings. The molecule has 27 heavy (non-hydrogen) atoms. The lowest BCUT2D eigenvalue weighted by Gasteiger charge is -2.10. The normalized spacial score (nSPS) is 11.0. The Bertz CT molecular complexity index is 1020. The molecule has 0 spiro atoms. The highest BCUT2D eigenvalue weighted by atomic mass is 32.2. The fourth-order valence-electron chi connectivity index (χ4n) is 2.82. The molecule has 0 fully saturated rings. The SMILES string of the molecule is CCSc1ncc(-c2c(-c3ccccc3)ncn2Cc2csc(N)n2)cn1. The van der Waals surface area contributed by atoms with E-state index in [1.165, 1.54) is 11.3 Å². The van der Waals surface area contributed by atoms with Gasteiger partial charge >= 0.3 is 0 Å². The molecule has 1 aromatic carbocycles. The van der Waals surface area contributed by atoms with E-state index in [4.69, 9.17) is 5.73 Å². The number of thioether (sulfide) groups is 1. The number of benzene rings is 1. The third-order valence-corrected chi connectivity index (χ3v) is 5.44. The number of rotatable bonds is 6. The molecule has 0 radical (unpaired) electrons. The lowest BCUT2D eigenvalue weighted by Crippen LogP contribution is -2.02. The van der Waals surface area contributed by atoms with Gasteiger partial charge < -0.3 is 10.3 Å². The van der Waals surface area contributed by atoms with Crippen LogP contribution in [0, 0.1) is 0 Å². The van der Waals surface area contributed by atoms with E-state index < -0.39 is 0 Å². The van der Waals surface area contributed by atoms with Crippen molar-refractivity contribution < 1.29 is 0 Å². The van der Waals surface area contributed by atoms with Crippen LogP contribution in [0.3, 0.4) is 0 Å². The van der Waals surface area contributed by atoms with Crippen LogP contribution in [0.1, 0.15) is 12.6 Å². The largest absolute Gasteiger partial charge is 0.375 e. The highest BCUT2D eigenvalue weighted by Crippen LogP contribution is 2.31. The number of hydrogen-bond donors (Lipinski definition) is 1. The van der Waals surface area contributed by atoms with Gasteiger partial charge in [0.05, 0.1) is 30.0 Å². The molecule has 136 valence electrons. The quantitative estimate of drug-likeness (QED) is 0.390. The summed E-state index contributed by atoms with van der Waals surface area (Å²) in [7, 11) is 0. The molecule has 3 heterocycles. The van der Waals surface area contributed by atoms with Crippen LogP contribution in [0.25, 0.3) is 22.5 Å². The molecule has 2 N–H and O–H groups in total. The van der Waals surface area contributed by atoms with Gasteiger partial charge in [-0.05, 0) is 5.75 Å². The molecular weight excluding hydrogens is 376 g/mol. The van der Waals surface area contributed by atoms with E-state index in [1.54, 1.807) is 11.8 Å². The first-order chi connectivity index (χ1) is 13.2. The minimum atomic E-state index is 0.569. The van der Waals surface area contributed by atoms with Crippen LogP contribution in [0.5, 0.6) is 0 Å². The molecule has 4 rings (SSSR count). The minimum Gasteiger partial charge on any atom is -0.375 e. The van der Waals surface area contributed by atoms with Gasteiger partial charge in [0.2, 0.25) is 0 Å². The summed E-state index contributed by atoms with van der Waals surface area (Å²) >= 11 is 3.07. The first-order valence-corrected chi connectivity index (χ1v) is 10.4. The minimum absolute atomic E-state index is 0.569. The first-order valence-electron chi connectivity index (χ1n) is 8.50. The van der Waals surface area contributed by atoms with Gasteiger partial charge in [0.25, 0.3) is 0 Å². The standard InChI is InChI=1S/C19H18N6S2/c1-2-26-19-21-8-14(9-22-19)17-16(13-6-4-3-5-7-13)23-12-25(17)10-15-11-27-18(20)24-15/h3-9,11-12H,2,10H2,1H3,(H2,20,24). The van der Waals surface area contributed by atoms with Crippen LogP contribution >= 0.6 is 23.1 Å². The number of imidazole rings is 1. The number of nitrogen functional groups attached to an aromatic ring is 1. The van der Waals surface area contributed by atoms with Crippen molar-refractivity contribution in [2.24, 2.45) is 0 Å². The Balaban J connectivity index is 1.79. The molecule has 0 aliphatic heterocycles. The van der Waals surface area contributed by atoms with Crippen LogP contribution in [-0.2, 0) is 6.54 Å². The fraction of sp³-hybridized carbons (Fsp3) is 0.158. The van der Waals surface area contributed by atoms with Gasteiger partial charge in [0, 0.05) is 28.9 Å². The molecule has 6 nitrogen and oxygen atoms in total. The summed E-state index contributed by atoms with van der Waals surface area (Å²) in [6.45, 7) is 2.68. The van der Waals surface area contributed by atoms with Crippen molar-refractivity contribution in [2.75, 3.05) is 11.5 Å². The maximum Gasteiger partial charge on any atom is 0.187 e. The zero-order chi connectivity index (χ0) is 18.6. The van der Waals surface area contributed by atoms with Crippen LogP contribution < -0.4 is 5.73 Å². The first kappa shape index (κ1) is 17.7. The number of aromatic nitrogens is 5. The molecule has 0 bridgehead atoms. The zero-order valence-electron chi connectivity index (χ0n) is 14.7. The van der Waals surface area contributed by atoms with Crippen molar-refractivity contribution in [3.63, 3.8) is 0 Å². The second-order valence-corrected chi connectivity index (χ2v) is 7.92. The molecule has 0 aliphatic carbocycles. The maximum atomic E-state index is 5.78. The predicted octanol–water partition coefficient (Wildman–Crippen LogP) is 4.21.